The highest BCUT2D eigenvalue weighted by molar-refractivity contribution is 5.82. The predicted octanol–water partition coefficient (Wildman–Crippen LogP) is 1.36. The molecule has 0 radical (unpaired) electrons. The molecule has 1 aliphatic heterocycles. The van der Waals surface area contributed by atoms with Crippen LogP contribution in [0.15, 0.2) is 36.9 Å². The number of hydrogen-bond donors (Lipinski definition) is 1. The molecule has 20 heavy (non-hydrogen) atoms. The minimum atomic E-state index is -0.151. The molecule has 0 aromatic heterocycles. The van der Waals surface area contributed by atoms with Gasteiger partial charge in [-0.25, -0.2) is 0 Å². The molecule has 0 spiro atoms. The van der Waals surface area contributed by atoms with E-state index in [1.165, 1.54) is 11.1 Å². The van der Waals surface area contributed by atoms with E-state index in [-0.39, 0.29) is 11.9 Å². The molecule has 1 aromatic carbocycles. The van der Waals surface area contributed by atoms with Crippen molar-refractivity contribution < 1.29 is 9.53 Å². The zero-order chi connectivity index (χ0) is 14.4. The summed E-state index contributed by atoms with van der Waals surface area (Å²) in [6.07, 6.45) is 2.50. The lowest BCUT2D eigenvalue weighted by atomic mass is 9.95. The minimum Gasteiger partial charge on any atom is -0.383 e. The van der Waals surface area contributed by atoms with Crippen molar-refractivity contribution in [2.45, 2.75) is 19.0 Å². The van der Waals surface area contributed by atoms with Crippen molar-refractivity contribution in [2.24, 2.45) is 0 Å². The Kier molecular flexibility index (Phi) is 5.32. The maximum Gasteiger partial charge on any atom is 0.240 e. The van der Waals surface area contributed by atoms with Crippen molar-refractivity contribution in [1.82, 2.24) is 10.2 Å². The van der Waals surface area contributed by atoms with Gasteiger partial charge in [0.25, 0.3) is 0 Å². The van der Waals surface area contributed by atoms with Gasteiger partial charge in [-0.1, -0.05) is 30.3 Å². The monoisotopic (exact) mass is 274 g/mol. The highest BCUT2D eigenvalue weighted by Gasteiger charge is 2.27. The zero-order valence-electron chi connectivity index (χ0n) is 12.0. The Bertz CT molecular complexity index is 473. The van der Waals surface area contributed by atoms with Crippen molar-refractivity contribution in [3.8, 4) is 0 Å². The molecule has 0 saturated carbocycles. The summed E-state index contributed by atoms with van der Waals surface area (Å²) in [4.78, 5) is 14.4. The minimum absolute atomic E-state index is 0.122. The first-order valence-electron chi connectivity index (χ1n) is 6.95. The topological polar surface area (TPSA) is 41.6 Å². The van der Waals surface area contributed by atoms with Gasteiger partial charge in [0.1, 0.15) is 0 Å². The lowest BCUT2D eigenvalue weighted by Crippen LogP contribution is -2.50. The first kappa shape index (κ1) is 14.8. The van der Waals surface area contributed by atoms with Crippen molar-refractivity contribution in [3.63, 3.8) is 0 Å². The molecular weight excluding hydrogens is 252 g/mol. The number of hydrogen-bond acceptors (Lipinski definition) is 3. The summed E-state index contributed by atoms with van der Waals surface area (Å²) in [6, 6.07) is 8.11. The largest absolute Gasteiger partial charge is 0.383 e. The number of nitrogens with one attached hydrogen (secondary N) is 1. The molecular formula is C16H22N2O2. The van der Waals surface area contributed by atoms with Crippen LogP contribution in [0.2, 0.25) is 0 Å². The van der Waals surface area contributed by atoms with Crippen LogP contribution in [0, 0.1) is 0 Å². The number of ether oxygens (including phenoxy) is 1. The molecule has 2 rings (SSSR count). The van der Waals surface area contributed by atoms with Crippen LogP contribution < -0.4 is 5.32 Å². The molecule has 1 aromatic rings. The number of amides is 1. The van der Waals surface area contributed by atoms with E-state index in [2.05, 4.69) is 24.0 Å². The summed E-state index contributed by atoms with van der Waals surface area (Å²) in [5.41, 5.74) is 2.54. The summed E-state index contributed by atoms with van der Waals surface area (Å²) in [7, 11) is 1.64. The van der Waals surface area contributed by atoms with Crippen LogP contribution in [0.25, 0.3) is 0 Å². The molecule has 4 heteroatoms. The van der Waals surface area contributed by atoms with E-state index >= 15 is 0 Å². The van der Waals surface area contributed by atoms with Crippen molar-refractivity contribution in [1.29, 1.82) is 0 Å². The fourth-order valence-corrected chi connectivity index (χ4v) is 2.50. The average molecular weight is 274 g/mol. The number of nitrogens with zero attached hydrogens (tertiary/aromatic N) is 1. The molecule has 1 heterocycles. The van der Waals surface area contributed by atoms with Gasteiger partial charge >= 0.3 is 0 Å². The van der Waals surface area contributed by atoms with Crippen molar-refractivity contribution in [2.75, 3.05) is 26.8 Å². The number of fused-ring (bicyclic) bond motifs is 1. The van der Waals surface area contributed by atoms with Crippen LogP contribution >= 0.6 is 0 Å². The lowest BCUT2D eigenvalue weighted by Gasteiger charge is -2.30. The molecule has 108 valence electrons. The van der Waals surface area contributed by atoms with Gasteiger partial charge in [-0.05, 0) is 17.5 Å². The van der Waals surface area contributed by atoms with E-state index < -0.39 is 0 Å². The Hall–Kier alpha value is -1.65. The first-order valence-corrected chi connectivity index (χ1v) is 6.95. The van der Waals surface area contributed by atoms with Crippen molar-refractivity contribution in [3.05, 3.63) is 48.0 Å². The SMILES string of the molecule is C=CCN(CCOC)C(=O)C1Cc2ccccc2CN1. The molecule has 0 bridgehead atoms. The normalized spacial score (nSPS) is 17.4. The van der Waals surface area contributed by atoms with Crippen LogP contribution in [-0.4, -0.2) is 43.7 Å². The Morgan fingerprint density at radius 1 is 1.50 bits per heavy atom. The molecule has 1 N–H and O–H groups in total. The van der Waals surface area contributed by atoms with Crippen LogP contribution in [0.3, 0.4) is 0 Å². The molecule has 4 nitrogen and oxygen atoms in total. The smallest absolute Gasteiger partial charge is 0.240 e. The maximum atomic E-state index is 12.6. The van der Waals surface area contributed by atoms with Gasteiger partial charge in [0, 0.05) is 26.7 Å². The van der Waals surface area contributed by atoms with E-state index in [1.54, 1.807) is 18.1 Å². The zero-order valence-corrected chi connectivity index (χ0v) is 12.0. The van der Waals surface area contributed by atoms with Gasteiger partial charge in [-0.3, -0.25) is 4.79 Å². The molecule has 1 amide bonds. The molecule has 0 saturated heterocycles. The quantitative estimate of drug-likeness (QED) is 0.797. The number of rotatable bonds is 6. The van der Waals surface area contributed by atoms with Crippen LogP contribution in [0.1, 0.15) is 11.1 Å². The second kappa shape index (κ2) is 7.22. The maximum absolute atomic E-state index is 12.6. The second-order valence-corrected chi connectivity index (χ2v) is 4.97. The van der Waals surface area contributed by atoms with E-state index in [9.17, 15) is 4.79 Å². The third kappa shape index (κ3) is 3.46. The number of benzene rings is 1. The van der Waals surface area contributed by atoms with Crippen LogP contribution in [0.5, 0.6) is 0 Å². The Morgan fingerprint density at radius 3 is 2.95 bits per heavy atom. The fourth-order valence-electron chi connectivity index (χ4n) is 2.50. The van der Waals surface area contributed by atoms with Gasteiger partial charge in [-0.15, -0.1) is 6.58 Å². The Labute approximate surface area is 120 Å². The highest BCUT2D eigenvalue weighted by Crippen LogP contribution is 2.17. The fraction of sp³-hybridized carbons (Fsp3) is 0.438. The summed E-state index contributed by atoms with van der Waals surface area (Å²) in [5, 5.41) is 3.32. The van der Waals surface area contributed by atoms with Crippen molar-refractivity contribution >= 4 is 5.91 Å². The molecule has 1 aliphatic rings. The second-order valence-electron chi connectivity index (χ2n) is 4.97. The van der Waals surface area contributed by atoms with Gasteiger partial charge in [0.15, 0.2) is 0 Å². The van der Waals surface area contributed by atoms with Gasteiger partial charge in [-0.2, -0.15) is 0 Å². The van der Waals surface area contributed by atoms with Crippen LogP contribution in [0.4, 0.5) is 0 Å². The standard InChI is InChI=1S/C16H22N2O2/c1-3-8-18(9-10-20-2)16(19)15-11-13-6-4-5-7-14(13)12-17-15/h3-7,15,17H,1,8-12H2,2H3. The van der Waals surface area contributed by atoms with E-state index in [0.29, 0.717) is 19.7 Å². The number of carbonyl (C=O) groups is 1. The summed E-state index contributed by atoms with van der Waals surface area (Å²) in [6.45, 7) is 6.17. The summed E-state index contributed by atoms with van der Waals surface area (Å²) in [5.74, 6) is 0.122. The molecule has 0 aliphatic carbocycles. The highest BCUT2D eigenvalue weighted by atomic mass is 16.5. The van der Waals surface area contributed by atoms with E-state index in [0.717, 1.165) is 13.0 Å². The van der Waals surface area contributed by atoms with Gasteiger partial charge in [0.2, 0.25) is 5.91 Å². The van der Waals surface area contributed by atoms with Crippen LogP contribution in [-0.2, 0) is 22.5 Å². The Balaban J connectivity index is 2.03. The summed E-state index contributed by atoms with van der Waals surface area (Å²) < 4.78 is 5.06. The number of methoxy groups -OCH3 is 1. The lowest BCUT2D eigenvalue weighted by molar-refractivity contribution is -0.133. The van der Waals surface area contributed by atoms with E-state index in [1.807, 2.05) is 12.1 Å². The average Bonchev–Trinajstić information content (AvgIpc) is 2.50. The molecule has 1 unspecified atom stereocenters. The summed E-state index contributed by atoms with van der Waals surface area (Å²) >= 11 is 0. The van der Waals surface area contributed by atoms with E-state index in [4.69, 9.17) is 4.74 Å². The third-order valence-corrected chi connectivity index (χ3v) is 3.61. The third-order valence-electron chi connectivity index (χ3n) is 3.61. The van der Waals surface area contributed by atoms with Gasteiger partial charge < -0.3 is 15.0 Å². The molecule has 1 atom stereocenters. The first-order chi connectivity index (χ1) is 9.76. The Morgan fingerprint density at radius 2 is 2.25 bits per heavy atom. The molecule has 0 fully saturated rings. The predicted molar refractivity (Wildman–Crippen MR) is 79.4 cm³/mol. The number of carbonyl (C=O) groups excluding carboxylic acids is 1. The van der Waals surface area contributed by atoms with Gasteiger partial charge in [0.05, 0.1) is 12.6 Å².